The highest BCUT2D eigenvalue weighted by Crippen LogP contribution is 2.38. The molecule has 100 valence electrons. The van der Waals surface area contributed by atoms with Crippen molar-refractivity contribution in [3.8, 4) is 0 Å². The minimum absolute atomic E-state index is 0.501. The monoisotopic (exact) mass is 266 g/mol. The van der Waals surface area contributed by atoms with Crippen LogP contribution in [0.25, 0.3) is 0 Å². The maximum absolute atomic E-state index is 6.35. The molecule has 1 aliphatic rings. The summed E-state index contributed by atoms with van der Waals surface area (Å²) in [5.74, 6) is 0. The Labute approximate surface area is 115 Å². The molecule has 0 radical (unpaired) electrons. The van der Waals surface area contributed by atoms with Crippen molar-refractivity contribution < 1.29 is 0 Å². The number of piperidine rings is 1. The second-order valence-electron chi connectivity index (χ2n) is 5.60. The largest absolute Gasteiger partial charge is 0.370 e. The lowest BCUT2D eigenvalue weighted by molar-refractivity contribution is 0.238. The van der Waals surface area contributed by atoms with Gasteiger partial charge in [-0.25, -0.2) is 0 Å². The summed E-state index contributed by atoms with van der Waals surface area (Å²) in [6.45, 7) is 7.40. The molecule has 3 heteroatoms. The van der Waals surface area contributed by atoms with Gasteiger partial charge in [0.15, 0.2) is 0 Å². The fraction of sp³-hybridized carbons (Fsp3) is 0.600. The lowest BCUT2D eigenvalue weighted by Gasteiger charge is -2.41. The third-order valence-electron chi connectivity index (χ3n) is 4.43. The first-order chi connectivity index (χ1) is 8.59. The molecule has 2 nitrogen and oxygen atoms in total. The predicted octanol–water partition coefficient (Wildman–Crippen LogP) is 3.82. The molecule has 1 saturated heterocycles. The van der Waals surface area contributed by atoms with Crippen LogP contribution in [0.3, 0.4) is 0 Å². The molecular weight excluding hydrogens is 244 g/mol. The Balaban J connectivity index is 2.19. The Kier molecular flexibility index (Phi) is 4.18. The zero-order valence-corrected chi connectivity index (χ0v) is 12.1. The van der Waals surface area contributed by atoms with Crippen LogP contribution < -0.4 is 10.6 Å². The van der Waals surface area contributed by atoms with E-state index >= 15 is 0 Å². The Bertz CT molecular complexity index is 409. The van der Waals surface area contributed by atoms with Crippen molar-refractivity contribution in [3.05, 3.63) is 28.8 Å². The molecule has 0 aromatic heterocycles. The number of para-hydroxylation sites is 1. The van der Waals surface area contributed by atoms with Gasteiger partial charge in [-0.15, -0.1) is 0 Å². The van der Waals surface area contributed by atoms with Crippen LogP contribution in [0.15, 0.2) is 18.2 Å². The number of halogens is 1. The maximum Gasteiger partial charge on any atom is 0.0642 e. The minimum Gasteiger partial charge on any atom is -0.370 e. The van der Waals surface area contributed by atoms with Crippen LogP contribution in [0, 0.1) is 5.41 Å². The first-order valence-electron chi connectivity index (χ1n) is 6.82. The van der Waals surface area contributed by atoms with Crippen LogP contribution in [-0.2, 0) is 6.54 Å². The molecule has 1 aliphatic heterocycles. The van der Waals surface area contributed by atoms with Crippen molar-refractivity contribution in [1.29, 1.82) is 0 Å². The van der Waals surface area contributed by atoms with Crippen LogP contribution >= 0.6 is 11.6 Å². The molecule has 0 spiro atoms. The third-order valence-corrected chi connectivity index (χ3v) is 4.74. The normalized spacial score (nSPS) is 19.0. The molecule has 2 rings (SSSR count). The highest BCUT2D eigenvalue weighted by atomic mass is 35.5. The van der Waals surface area contributed by atoms with E-state index in [1.807, 2.05) is 12.1 Å². The van der Waals surface area contributed by atoms with E-state index in [1.165, 1.54) is 19.3 Å². The molecule has 0 saturated carbocycles. The van der Waals surface area contributed by atoms with E-state index in [1.54, 1.807) is 0 Å². The second-order valence-corrected chi connectivity index (χ2v) is 6.01. The topological polar surface area (TPSA) is 29.3 Å². The fourth-order valence-corrected chi connectivity index (χ4v) is 3.02. The molecule has 1 aromatic carbocycles. The van der Waals surface area contributed by atoms with Crippen molar-refractivity contribution in [1.82, 2.24) is 0 Å². The van der Waals surface area contributed by atoms with Crippen LogP contribution in [0.2, 0.25) is 5.02 Å². The fourth-order valence-electron chi connectivity index (χ4n) is 2.70. The number of nitrogens with zero attached hydrogens (tertiary/aromatic N) is 1. The van der Waals surface area contributed by atoms with Gasteiger partial charge in [-0.1, -0.05) is 44.0 Å². The molecular formula is C15H23ClN2. The predicted molar refractivity (Wildman–Crippen MR) is 79.2 cm³/mol. The molecule has 0 unspecified atom stereocenters. The summed E-state index contributed by atoms with van der Waals surface area (Å²) in [4.78, 5) is 2.40. The van der Waals surface area contributed by atoms with Gasteiger partial charge in [0, 0.05) is 19.6 Å². The molecule has 0 aliphatic carbocycles. The van der Waals surface area contributed by atoms with Crippen LogP contribution in [-0.4, -0.2) is 13.1 Å². The molecule has 1 fully saturated rings. The first-order valence-corrected chi connectivity index (χ1v) is 7.20. The van der Waals surface area contributed by atoms with Crippen molar-refractivity contribution in [2.75, 3.05) is 18.0 Å². The SMILES string of the molecule is CCC1(C)CCN(c2c(Cl)cccc2CN)CC1. The summed E-state index contributed by atoms with van der Waals surface area (Å²) in [6, 6.07) is 6.02. The van der Waals surface area contributed by atoms with Crippen LogP contribution in [0.1, 0.15) is 38.7 Å². The quantitative estimate of drug-likeness (QED) is 0.901. The molecule has 1 heterocycles. The van der Waals surface area contributed by atoms with Gasteiger partial charge in [0.2, 0.25) is 0 Å². The van der Waals surface area contributed by atoms with E-state index in [0.717, 1.165) is 29.4 Å². The Morgan fingerprint density at radius 3 is 2.56 bits per heavy atom. The minimum atomic E-state index is 0.501. The number of nitrogens with two attached hydrogens (primary N) is 1. The summed E-state index contributed by atoms with van der Waals surface area (Å²) in [7, 11) is 0. The van der Waals surface area contributed by atoms with E-state index in [2.05, 4.69) is 24.8 Å². The zero-order valence-electron chi connectivity index (χ0n) is 11.4. The number of hydrogen-bond donors (Lipinski definition) is 1. The molecule has 18 heavy (non-hydrogen) atoms. The summed E-state index contributed by atoms with van der Waals surface area (Å²) >= 11 is 6.35. The number of anilines is 1. The van der Waals surface area contributed by atoms with Gasteiger partial charge < -0.3 is 10.6 Å². The summed E-state index contributed by atoms with van der Waals surface area (Å²) in [6.07, 6.45) is 3.73. The van der Waals surface area contributed by atoms with E-state index in [0.29, 0.717) is 12.0 Å². The van der Waals surface area contributed by atoms with Gasteiger partial charge >= 0.3 is 0 Å². The summed E-state index contributed by atoms with van der Waals surface area (Å²) in [5.41, 5.74) is 8.63. The number of rotatable bonds is 3. The standard InChI is InChI=1S/C15H23ClN2/c1-3-15(2)7-9-18(10-8-15)14-12(11-17)5-4-6-13(14)16/h4-6H,3,7-11,17H2,1-2H3. The molecule has 0 amide bonds. The van der Waals surface area contributed by atoms with Gasteiger partial charge in [0.25, 0.3) is 0 Å². The Morgan fingerprint density at radius 1 is 1.33 bits per heavy atom. The molecule has 2 N–H and O–H groups in total. The zero-order chi connectivity index (χ0) is 13.2. The van der Waals surface area contributed by atoms with E-state index in [9.17, 15) is 0 Å². The average Bonchev–Trinajstić information content (AvgIpc) is 2.40. The lowest BCUT2D eigenvalue weighted by atomic mass is 9.78. The number of benzene rings is 1. The van der Waals surface area contributed by atoms with Gasteiger partial charge in [-0.2, -0.15) is 0 Å². The van der Waals surface area contributed by atoms with Gasteiger partial charge in [0.05, 0.1) is 10.7 Å². The van der Waals surface area contributed by atoms with Gasteiger partial charge in [-0.05, 0) is 29.9 Å². The average molecular weight is 267 g/mol. The Hall–Kier alpha value is -0.730. The molecule has 0 atom stereocenters. The summed E-state index contributed by atoms with van der Waals surface area (Å²) < 4.78 is 0. The maximum atomic E-state index is 6.35. The highest BCUT2D eigenvalue weighted by molar-refractivity contribution is 6.33. The Morgan fingerprint density at radius 2 is 2.00 bits per heavy atom. The molecule has 0 bridgehead atoms. The van der Waals surface area contributed by atoms with Crippen LogP contribution in [0.4, 0.5) is 5.69 Å². The van der Waals surface area contributed by atoms with Crippen LogP contribution in [0.5, 0.6) is 0 Å². The van der Waals surface area contributed by atoms with E-state index in [4.69, 9.17) is 17.3 Å². The van der Waals surface area contributed by atoms with E-state index < -0.39 is 0 Å². The molecule has 1 aromatic rings. The van der Waals surface area contributed by atoms with Crippen molar-refractivity contribution in [2.45, 2.75) is 39.7 Å². The van der Waals surface area contributed by atoms with Crippen molar-refractivity contribution >= 4 is 17.3 Å². The highest BCUT2D eigenvalue weighted by Gasteiger charge is 2.29. The van der Waals surface area contributed by atoms with Crippen molar-refractivity contribution in [2.24, 2.45) is 11.1 Å². The van der Waals surface area contributed by atoms with Gasteiger partial charge in [-0.3, -0.25) is 0 Å². The lowest BCUT2D eigenvalue weighted by Crippen LogP contribution is -2.39. The smallest absolute Gasteiger partial charge is 0.0642 e. The van der Waals surface area contributed by atoms with E-state index in [-0.39, 0.29) is 0 Å². The first kappa shape index (κ1) is 13.7. The van der Waals surface area contributed by atoms with Gasteiger partial charge in [0.1, 0.15) is 0 Å². The second kappa shape index (κ2) is 5.50. The third kappa shape index (κ3) is 2.65. The van der Waals surface area contributed by atoms with Crippen molar-refractivity contribution in [3.63, 3.8) is 0 Å². The number of hydrogen-bond acceptors (Lipinski definition) is 2. The summed E-state index contributed by atoms with van der Waals surface area (Å²) in [5, 5.41) is 0.832.